The van der Waals surface area contributed by atoms with Crippen molar-refractivity contribution in [3.05, 3.63) is 83.6 Å². The highest BCUT2D eigenvalue weighted by Gasteiger charge is 2.35. The number of hydrogen-bond donors (Lipinski definition) is 0. The molecule has 1 aliphatic rings. The second-order valence-corrected chi connectivity index (χ2v) is 8.49. The minimum atomic E-state index is -3.43. The number of nitrogens with zero attached hydrogens (tertiary/aromatic N) is 2. The van der Waals surface area contributed by atoms with Crippen molar-refractivity contribution in [1.82, 2.24) is 8.61 Å². The minimum Gasteiger partial charge on any atom is -0.268 e. The normalized spacial score (nSPS) is 20.3. The lowest BCUT2D eigenvalue weighted by Crippen LogP contribution is -2.48. The lowest BCUT2D eigenvalue weighted by atomic mass is 9.94. The Morgan fingerprint density at radius 3 is 2.04 bits per heavy atom. The highest BCUT2D eigenvalue weighted by Crippen LogP contribution is 2.28. The molecule has 0 saturated carbocycles. The van der Waals surface area contributed by atoms with Crippen molar-refractivity contribution >= 4 is 10.2 Å². The standard InChI is InChI=1S/C20H24N2O2S/c1-21-16-19(15-18-11-7-4-8-12-18)20(22(2)25(21,23)24)14-13-17-9-5-3-6-10-17/h3-12,16,20H,13-15H2,1-2H3. The van der Waals surface area contributed by atoms with Gasteiger partial charge in [-0.2, -0.15) is 12.7 Å². The Balaban J connectivity index is 1.85. The first kappa shape index (κ1) is 17.7. The van der Waals surface area contributed by atoms with Gasteiger partial charge in [0, 0.05) is 26.3 Å². The van der Waals surface area contributed by atoms with E-state index in [9.17, 15) is 8.42 Å². The van der Waals surface area contributed by atoms with Gasteiger partial charge in [-0.3, -0.25) is 4.31 Å². The van der Waals surface area contributed by atoms with Crippen LogP contribution >= 0.6 is 0 Å². The van der Waals surface area contributed by atoms with Crippen LogP contribution in [0.4, 0.5) is 0 Å². The molecular weight excluding hydrogens is 332 g/mol. The molecule has 0 N–H and O–H groups in total. The predicted molar refractivity (Wildman–Crippen MR) is 101 cm³/mol. The lowest BCUT2D eigenvalue weighted by Gasteiger charge is -2.37. The molecule has 4 nitrogen and oxygen atoms in total. The van der Waals surface area contributed by atoms with Crippen molar-refractivity contribution in [2.24, 2.45) is 0 Å². The van der Waals surface area contributed by atoms with E-state index >= 15 is 0 Å². The van der Waals surface area contributed by atoms with Crippen LogP contribution in [0.15, 0.2) is 72.4 Å². The highest BCUT2D eigenvalue weighted by atomic mass is 32.2. The van der Waals surface area contributed by atoms with Crippen LogP contribution in [0.1, 0.15) is 17.5 Å². The van der Waals surface area contributed by atoms with E-state index < -0.39 is 10.2 Å². The zero-order chi connectivity index (χ0) is 17.9. The van der Waals surface area contributed by atoms with E-state index in [0.29, 0.717) is 0 Å². The lowest BCUT2D eigenvalue weighted by molar-refractivity contribution is 0.339. The number of benzene rings is 2. The van der Waals surface area contributed by atoms with E-state index in [-0.39, 0.29) is 6.04 Å². The van der Waals surface area contributed by atoms with Gasteiger partial charge >= 0.3 is 10.2 Å². The van der Waals surface area contributed by atoms with Crippen LogP contribution in [-0.2, 0) is 23.1 Å². The summed E-state index contributed by atoms with van der Waals surface area (Å²) in [5, 5.41) is 0. The van der Waals surface area contributed by atoms with Crippen LogP contribution in [0.25, 0.3) is 0 Å². The number of rotatable bonds is 5. The summed E-state index contributed by atoms with van der Waals surface area (Å²) in [6.07, 6.45) is 4.16. The number of likely N-dealkylation sites (N-methyl/N-ethyl adjacent to an activating group) is 1. The van der Waals surface area contributed by atoms with E-state index in [1.165, 1.54) is 19.7 Å². The van der Waals surface area contributed by atoms with Crippen LogP contribution in [-0.4, -0.2) is 37.2 Å². The summed E-state index contributed by atoms with van der Waals surface area (Å²) in [4.78, 5) is 0. The molecular formula is C20H24N2O2S. The maximum Gasteiger partial charge on any atom is 0.303 e. The van der Waals surface area contributed by atoms with Crippen molar-refractivity contribution in [2.45, 2.75) is 25.3 Å². The zero-order valence-electron chi connectivity index (χ0n) is 14.7. The Morgan fingerprint density at radius 1 is 0.880 bits per heavy atom. The van der Waals surface area contributed by atoms with Gasteiger partial charge in [0.15, 0.2) is 0 Å². The fourth-order valence-electron chi connectivity index (χ4n) is 3.29. The van der Waals surface area contributed by atoms with Crippen molar-refractivity contribution in [3.63, 3.8) is 0 Å². The Hall–Kier alpha value is -2.11. The van der Waals surface area contributed by atoms with Crippen LogP contribution in [0.2, 0.25) is 0 Å². The summed E-state index contributed by atoms with van der Waals surface area (Å²) < 4.78 is 27.9. The van der Waals surface area contributed by atoms with Crippen molar-refractivity contribution in [1.29, 1.82) is 0 Å². The van der Waals surface area contributed by atoms with Crippen LogP contribution < -0.4 is 0 Å². The third kappa shape index (κ3) is 3.94. The number of aryl methyl sites for hydroxylation is 1. The first-order valence-electron chi connectivity index (χ1n) is 8.48. The molecule has 2 aromatic carbocycles. The topological polar surface area (TPSA) is 40.6 Å². The first-order chi connectivity index (χ1) is 12.0. The van der Waals surface area contributed by atoms with Crippen LogP contribution in [0, 0.1) is 0 Å². The molecule has 0 amide bonds. The maximum atomic E-state index is 12.5. The van der Waals surface area contributed by atoms with E-state index in [2.05, 4.69) is 24.3 Å². The SMILES string of the molecule is CN1C=C(Cc2ccccc2)C(CCc2ccccc2)N(C)S1(=O)=O. The molecule has 0 bridgehead atoms. The second kappa shape index (κ2) is 7.42. The van der Waals surface area contributed by atoms with Crippen LogP contribution in [0.3, 0.4) is 0 Å². The van der Waals surface area contributed by atoms with Gasteiger partial charge in [-0.15, -0.1) is 0 Å². The van der Waals surface area contributed by atoms with Gasteiger partial charge in [0.1, 0.15) is 0 Å². The molecule has 0 fully saturated rings. The molecule has 0 aromatic heterocycles. The van der Waals surface area contributed by atoms with Crippen molar-refractivity contribution in [3.8, 4) is 0 Å². The summed E-state index contributed by atoms with van der Waals surface area (Å²) in [6.45, 7) is 0. The fourth-order valence-corrected chi connectivity index (χ4v) is 4.53. The molecule has 5 heteroatoms. The molecule has 1 atom stereocenters. The van der Waals surface area contributed by atoms with E-state index in [4.69, 9.17) is 0 Å². The summed E-state index contributed by atoms with van der Waals surface area (Å²) in [5.41, 5.74) is 3.55. The average molecular weight is 356 g/mol. The summed E-state index contributed by atoms with van der Waals surface area (Å²) in [6, 6.07) is 20.3. The molecule has 2 aromatic rings. The van der Waals surface area contributed by atoms with Gasteiger partial charge in [0.05, 0.1) is 0 Å². The predicted octanol–water partition coefficient (Wildman–Crippen LogP) is 3.24. The van der Waals surface area contributed by atoms with E-state index in [0.717, 1.165) is 24.8 Å². The largest absolute Gasteiger partial charge is 0.303 e. The molecule has 1 heterocycles. The Morgan fingerprint density at radius 2 is 1.44 bits per heavy atom. The number of hydrogen-bond acceptors (Lipinski definition) is 2. The van der Waals surface area contributed by atoms with Gasteiger partial charge < -0.3 is 0 Å². The molecule has 0 radical (unpaired) electrons. The molecule has 25 heavy (non-hydrogen) atoms. The Labute approximate surface area is 150 Å². The fraction of sp³-hybridized carbons (Fsp3) is 0.300. The van der Waals surface area contributed by atoms with Gasteiger partial charge in [0.2, 0.25) is 0 Å². The molecule has 1 unspecified atom stereocenters. The van der Waals surface area contributed by atoms with Gasteiger partial charge in [0.25, 0.3) is 0 Å². The van der Waals surface area contributed by atoms with E-state index in [1.807, 2.05) is 36.4 Å². The highest BCUT2D eigenvalue weighted by molar-refractivity contribution is 7.86. The summed E-state index contributed by atoms with van der Waals surface area (Å²) in [5.74, 6) is 0. The molecule has 0 saturated heterocycles. The Bertz CT molecular complexity index is 833. The average Bonchev–Trinajstić information content (AvgIpc) is 2.62. The minimum absolute atomic E-state index is 0.124. The molecule has 132 valence electrons. The summed E-state index contributed by atoms with van der Waals surface area (Å²) in [7, 11) is -0.147. The monoisotopic (exact) mass is 356 g/mol. The van der Waals surface area contributed by atoms with Gasteiger partial charge in [-0.25, -0.2) is 0 Å². The molecule has 0 spiro atoms. The zero-order valence-corrected chi connectivity index (χ0v) is 15.5. The first-order valence-corrected chi connectivity index (χ1v) is 9.87. The third-order valence-corrected chi connectivity index (χ3v) is 6.56. The maximum absolute atomic E-state index is 12.5. The van der Waals surface area contributed by atoms with Crippen molar-refractivity contribution in [2.75, 3.05) is 14.1 Å². The second-order valence-electron chi connectivity index (χ2n) is 6.45. The van der Waals surface area contributed by atoms with Gasteiger partial charge in [-0.1, -0.05) is 60.7 Å². The summed E-state index contributed by atoms with van der Waals surface area (Å²) >= 11 is 0. The third-order valence-electron chi connectivity index (χ3n) is 4.74. The van der Waals surface area contributed by atoms with Gasteiger partial charge in [-0.05, 0) is 36.0 Å². The molecule has 3 rings (SSSR count). The van der Waals surface area contributed by atoms with Crippen molar-refractivity contribution < 1.29 is 8.42 Å². The van der Waals surface area contributed by atoms with E-state index in [1.54, 1.807) is 20.3 Å². The molecule has 1 aliphatic heterocycles. The smallest absolute Gasteiger partial charge is 0.268 e. The Kier molecular flexibility index (Phi) is 5.25. The quantitative estimate of drug-likeness (QED) is 0.825. The van der Waals surface area contributed by atoms with Crippen LogP contribution in [0.5, 0.6) is 0 Å². The molecule has 0 aliphatic carbocycles.